The van der Waals surface area contributed by atoms with Crippen LogP contribution in [0.1, 0.15) is 30.9 Å². The molecule has 0 saturated carbocycles. The molecule has 1 fully saturated rings. The van der Waals surface area contributed by atoms with Crippen molar-refractivity contribution in [2.75, 3.05) is 28.6 Å². The minimum atomic E-state index is -0.302. The third-order valence-corrected chi connectivity index (χ3v) is 4.63. The number of amides is 2. The summed E-state index contributed by atoms with van der Waals surface area (Å²) in [5.41, 5.74) is 2.99. The molecule has 1 aromatic heterocycles. The summed E-state index contributed by atoms with van der Waals surface area (Å²) in [5, 5.41) is 5.66. The Balaban J connectivity index is 1.64. The molecule has 0 aliphatic carbocycles. The highest BCUT2D eigenvalue weighted by atomic mass is 16.2. The molecule has 2 N–H and O–H groups in total. The van der Waals surface area contributed by atoms with Crippen LogP contribution in [0.15, 0.2) is 30.6 Å². The van der Waals surface area contributed by atoms with Crippen molar-refractivity contribution in [3.05, 3.63) is 41.7 Å². The molecule has 0 atom stereocenters. The molecule has 132 valence electrons. The molecule has 0 radical (unpaired) electrons. The number of rotatable bonds is 3. The smallest absolute Gasteiger partial charge is 0.324 e. The van der Waals surface area contributed by atoms with Crippen LogP contribution in [0.2, 0.25) is 0 Å². The number of piperidine rings is 1. The van der Waals surface area contributed by atoms with Gasteiger partial charge >= 0.3 is 6.03 Å². The minimum Gasteiger partial charge on any atom is -0.356 e. The van der Waals surface area contributed by atoms with Gasteiger partial charge < -0.3 is 10.2 Å². The summed E-state index contributed by atoms with van der Waals surface area (Å²) < 4.78 is 0. The van der Waals surface area contributed by atoms with Crippen LogP contribution in [0.5, 0.6) is 0 Å². The molecule has 1 aliphatic rings. The number of nitrogens with zero attached hydrogens (tertiary/aromatic N) is 3. The Kier molecular flexibility index (Phi) is 5.16. The third-order valence-electron chi connectivity index (χ3n) is 4.63. The summed E-state index contributed by atoms with van der Waals surface area (Å²) in [6.45, 7) is 8.27. The lowest BCUT2D eigenvalue weighted by molar-refractivity contribution is 0.262. The Morgan fingerprint density at radius 3 is 2.60 bits per heavy atom. The van der Waals surface area contributed by atoms with Gasteiger partial charge in [-0.15, -0.1) is 0 Å². The van der Waals surface area contributed by atoms with Crippen LogP contribution in [0.4, 0.5) is 22.1 Å². The normalized spacial score (nSPS) is 15.1. The van der Waals surface area contributed by atoms with Gasteiger partial charge in [0.05, 0.1) is 0 Å². The summed E-state index contributed by atoms with van der Waals surface area (Å²) in [5.74, 6) is 2.13. The molecular formula is C19H25N5O. The van der Waals surface area contributed by atoms with Crippen LogP contribution in [-0.2, 0) is 0 Å². The van der Waals surface area contributed by atoms with E-state index in [0.717, 1.165) is 36.1 Å². The molecule has 2 heterocycles. The van der Waals surface area contributed by atoms with E-state index in [0.29, 0.717) is 5.82 Å². The van der Waals surface area contributed by atoms with Crippen molar-refractivity contribution in [2.45, 2.75) is 33.6 Å². The Morgan fingerprint density at radius 2 is 1.88 bits per heavy atom. The zero-order chi connectivity index (χ0) is 17.8. The number of aromatic nitrogens is 2. The standard InChI is InChI=1S/C19H25N5O/c1-13-6-8-24(9-7-13)18-11-17(20-12-21-18)23-19(25)22-16-5-4-14(2)10-15(16)3/h4-5,10-13H,6-9H2,1-3H3,(H2,20,21,22,23,25). The van der Waals surface area contributed by atoms with Crippen molar-refractivity contribution in [3.63, 3.8) is 0 Å². The predicted molar refractivity (Wildman–Crippen MR) is 101 cm³/mol. The van der Waals surface area contributed by atoms with E-state index in [9.17, 15) is 4.79 Å². The second-order valence-corrected chi connectivity index (χ2v) is 6.83. The Hall–Kier alpha value is -2.63. The maximum Gasteiger partial charge on any atom is 0.324 e. The molecule has 6 heteroatoms. The van der Waals surface area contributed by atoms with Gasteiger partial charge in [0.15, 0.2) is 0 Å². The molecular weight excluding hydrogens is 314 g/mol. The van der Waals surface area contributed by atoms with Gasteiger partial charge in [-0.2, -0.15) is 0 Å². The van der Waals surface area contributed by atoms with E-state index < -0.39 is 0 Å². The van der Waals surface area contributed by atoms with Gasteiger partial charge in [-0.1, -0.05) is 24.6 Å². The van der Waals surface area contributed by atoms with E-state index in [4.69, 9.17) is 0 Å². The minimum absolute atomic E-state index is 0.302. The van der Waals surface area contributed by atoms with E-state index >= 15 is 0 Å². The monoisotopic (exact) mass is 339 g/mol. The third kappa shape index (κ3) is 4.47. The molecule has 1 aromatic carbocycles. The summed E-state index contributed by atoms with van der Waals surface area (Å²) in [6, 6.07) is 7.45. The number of nitrogens with one attached hydrogen (secondary N) is 2. The van der Waals surface area contributed by atoms with Crippen molar-refractivity contribution in [1.82, 2.24) is 9.97 Å². The van der Waals surface area contributed by atoms with E-state index in [2.05, 4.69) is 32.4 Å². The van der Waals surface area contributed by atoms with Crippen LogP contribution in [-0.4, -0.2) is 29.1 Å². The summed E-state index contributed by atoms with van der Waals surface area (Å²) >= 11 is 0. The first kappa shape index (κ1) is 17.2. The SMILES string of the molecule is Cc1ccc(NC(=O)Nc2cc(N3CCC(C)CC3)ncn2)c(C)c1. The first-order valence-electron chi connectivity index (χ1n) is 8.73. The molecule has 2 aromatic rings. The molecule has 1 aliphatic heterocycles. The second-order valence-electron chi connectivity index (χ2n) is 6.83. The molecule has 6 nitrogen and oxygen atoms in total. The summed E-state index contributed by atoms with van der Waals surface area (Å²) in [7, 11) is 0. The first-order chi connectivity index (χ1) is 12.0. The van der Waals surface area contributed by atoms with Crippen molar-refractivity contribution in [2.24, 2.45) is 5.92 Å². The average molecular weight is 339 g/mol. The number of carbonyl (C=O) groups excluding carboxylic acids is 1. The highest BCUT2D eigenvalue weighted by Crippen LogP contribution is 2.22. The lowest BCUT2D eigenvalue weighted by Gasteiger charge is -2.31. The van der Waals surface area contributed by atoms with Gasteiger partial charge in [-0.25, -0.2) is 14.8 Å². The zero-order valence-corrected chi connectivity index (χ0v) is 15.0. The summed E-state index contributed by atoms with van der Waals surface area (Å²) in [4.78, 5) is 23.0. The highest BCUT2D eigenvalue weighted by Gasteiger charge is 2.17. The number of hydrogen-bond acceptors (Lipinski definition) is 4. The largest absolute Gasteiger partial charge is 0.356 e. The molecule has 0 unspecified atom stereocenters. The van der Waals surface area contributed by atoms with Crippen molar-refractivity contribution < 1.29 is 4.79 Å². The van der Waals surface area contributed by atoms with Crippen LogP contribution in [0.3, 0.4) is 0 Å². The van der Waals surface area contributed by atoms with Crippen molar-refractivity contribution >= 4 is 23.4 Å². The zero-order valence-electron chi connectivity index (χ0n) is 15.0. The Labute approximate surface area is 148 Å². The lowest BCUT2D eigenvalue weighted by atomic mass is 9.99. The van der Waals surface area contributed by atoms with Crippen LogP contribution in [0.25, 0.3) is 0 Å². The van der Waals surface area contributed by atoms with E-state index in [1.165, 1.54) is 24.7 Å². The van der Waals surface area contributed by atoms with Gasteiger partial charge in [-0.3, -0.25) is 5.32 Å². The van der Waals surface area contributed by atoms with Gasteiger partial charge in [0.1, 0.15) is 18.0 Å². The van der Waals surface area contributed by atoms with E-state index in [-0.39, 0.29) is 6.03 Å². The topological polar surface area (TPSA) is 70.2 Å². The van der Waals surface area contributed by atoms with Crippen LogP contribution in [0, 0.1) is 19.8 Å². The molecule has 25 heavy (non-hydrogen) atoms. The highest BCUT2D eigenvalue weighted by molar-refractivity contribution is 5.99. The molecule has 0 bridgehead atoms. The first-order valence-corrected chi connectivity index (χ1v) is 8.73. The maximum absolute atomic E-state index is 12.3. The van der Waals surface area contributed by atoms with E-state index in [1.807, 2.05) is 38.1 Å². The average Bonchev–Trinajstić information content (AvgIpc) is 2.58. The molecule has 0 spiro atoms. The second kappa shape index (κ2) is 7.51. The fourth-order valence-electron chi connectivity index (χ4n) is 3.05. The quantitative estimate of drug-likeness (QED) is 0.887. The van der Waals surface area contributed by atoms with Gasteiger partial charge in [-0.05, 0) is 44.2 Å². The number of benzene rings is 1. The van der Waals surface area contributed by atoms with Crippen molar-refractivity contribution in [3.8, 4) is 0 Å². The van der Waals surface area contributed by atoms with Crippen LogP contribution < -0.4 is 15.5 Å². The number of carbonyl (C=O) groups is 1. The van der Waals surface area contributed by atoms with Crippen LogP contribution >= 0.6 is 0 Å². The lowest BCUT2D eigenvalue weighted by Crippen LogP contribution is -2.33. The predicted octanol–water partition coefficient (Wildman–Crippen LogP) is 3.97. The summed E-state index contributed by atoms with van der Waals surface area (Å²) in [6.07, 6.45) is 3.83. The molecule has 1 saturated heterocycles. The van der Waals surface area contributed by atoms with Gasteiger partial charge in [0.25, 0.3) is 0 Å². The fraction of sp³-hybridized carbons (Fsp3) is 0.421. The Morgan fingerprint density at radius 1 is 1.12 bits per heavy atom. The Bertz CT molecular complexity index is 753. The van der Waals surface area contributed by atoms with Gasteiger partial charge in [0, 0.05) is 24.8 Å². The van der Waals surface area contributed by atoms with Crippen molar-refractivity contribution in [1.29, 1.82) is 0 Å². The number of hydrogen-bond donors (Lipinski definition) is 2. The maximum atomic E-state index is 12.3. The molecule has 2 amide bonds. The van der Waals surface area contributed by atoms with E-state index in [1.54, 1.807) is 0 Å². The number of aryl methyl sites for hydroxylation is 2. The molecule has 3 rings (SSSR count). The fourth-order valence-corrected chi connectivity index (χ4v) is 3.05. The van der Waals surface area contributed by atoms with Gasteiger partial charge in [0.2, 0.25) is 0 Å². The number of urea groups is 1. The number of anilines is 3.